The van der Waals surface area contributed by atoms with Crippen molar-refractivity contribution in [1.29, 1.82) is 0 Å². The molecular weight excluding hydrogens is 486 g/mol. The minimum absolute atomic E-state index is 0.0381. The number of carbonyl (C=O) groups excluding carboxylic acids is 4. The minimum atomic E-state index is -0.820. The van der Waals surface area contributed by atoms with Gasteiger partial charge in [0.15, 0.2) is 0 Å². The lowest BCUT2D eigenvalue weighted by Crippen LogP contribution is -2.34. The molecule has 0 saturated carbocycles. The Morgan fingerprint density at radius 1 is 0.947 bits per heavy atom. The molecule has 0 spiro atoms. The topological polar surface area (TPSA) is 118 Å². The number of nitrogens with zero attached hydrogens (tertiary/aromatic N) is 1. The van der Waals surface area contributed by atoms with Crippen molar-refractivity contribution >= 4 is 41.0 Å². The van der Waals surface area contributed by atoms with Crippen molar-refractivity contribution in [2.45, 2.75) is 27.3 Å². The molecule has 9 heteroatoms. The maximum Gasteiger partial charge on any atom is 0.343 e. The molecule has 1 aromatic heterocycles. The number of hydrogen-bond donors (Lipinski definition) is 2. The zero-order chi connectivity index (χ0) is 27.4. The summed E-state index contributed by atoms with van der Waals surface area (Å²) in [5.74, 6) is -2.12. The van der Waals surface area contributed by atoms with Crippen LogP contribution in [0.2, 0.25) is 0 Å². The average Bonchev–Trinajstić information content (AvgIpc) is 3.43. The van der Waals surface area contributed by atoms with Gasteiger partial charge in [0, 0.05) is 23.1 Å². The molecule has 3 aromatic rings. The smallest absolute Gasteiger partial charge is 0.343 e. The van der Waals surface area contributed by atoms with E-state index in [9.17, 15) is 19.2 Å². The molecule has 194 valence electrons. The number of ketones is 1. The quantitative estimate of drug-likeness (QED) is 0.221. The molecule has 2 heterocycles. The van der Waals surface area contributed by atoms with Crippen molar-refractivity contribution in [2.75, 3.05) is 17.3 Å². The fourth-order valence-electron chi connectivity index (χ4n) is 4.23. The number of rotatable bonds is 6. The summed E-state index contributed by atoms with van der Waals surface area (Å²) in [4.78, 5) is 51.7. The third kappa shape index (κ3) is 5.57. The summed E-state index contributed by atoms with van der Waals surface area (Å²) in [6.45, 7) is 5.55. The Labute approximate surface area is 219 Å². The SMILES string of the molecule is COC(=O)C1=C(C)N(c2cc(C)cc(C)c2)/C(=C/c2ccc(CNC(=O)C(=O)Nc3ccccc3)o2)C1=O. The number of benzene rings is 2. The highest BCUT2D eigenvalue weighted by molar-refractivity contribution is 6.39. The second kappa shape index (κ2) is 11.0. The first-order chi connectivity index (χ1) is 18.2. The highest BCUT2D eigenvalue weighted by Crippen LogP contribution is 2.36. The predicted molar refractivity (Wildman–Crippen MR) is 142 cm³/mol. The second-order valence-corrected chi connectivity index (χ2v) is 8.80. The van der Waals surface area contributed by atoms with Gasteiger partial charge < -0.3 is 24.7 Å². The predicted octanol–water partition coefficient (Wildman–Crippen LogP) is 4.03. The van der Waals surface area contributed by atoms with Crippen LogP contribution in [-0.2, 0) is 30.5 Å². The maximum atomic E-state index is 13.3. The number of methoxy groups -OCH3 is 1. The summed E-state index contributed by atoms with van der Waals surface area (Å²) in [5, 5.41) is 5.02. The molecule has 4 rings (SSSR count). The van der Waals surface area contributed by atoms with Crippen LogP contribution < -0.4 is 15.5 Å². The Morgan fingerprint density at radius 3 is 2.29 bits per heavy atom. The van der Waals surface area contributed by atoms with E-state index in [0.717, 1.165) is 16.8 Å². The van der Waals surface area contributed by atoms with Gasteiger partial charge in [-0.15, -0.1) is 0 Å². The van der Waals surface area contributed by atoms with Crippen LogP contribution in [0.5, 0.6) is 0 Å². The van der Waals surface area contributed by atoms with Gasteiger partial charge >= 0.3 is 17.8 Å². The number of carbonyl (C=O) groups is 4. The van der Waals surface area contributed by atoms with Crippen LogP contribution in [-0.4, -0.2) is 30.7 Å². The van der Waals surface area contributed by atoms with Gasteiger partial charge in [0.05, 0.1) is 19.4 Å². The normalized spacial score (nSPS) is 14.2. The largest absolute Gasteiger partial charge is 0.465 e. The number of para-hydroxylation sites is 1. The minimum Gasteiger partial charge on any atom is -0.465 e. The van der Waals surface area contributed by atoms with Crippen molar-refractivity contribution in [3.05, 3.63) is 100 Å². The van der Waals surface area contributed by atoms with Crippen LogP contribution in [0.3, 0.4) is 0 Å². The van der Waals surface area contributed by atoms with E-state index >= 15 is 0 Å². The molecule has 0 fully saturated rings. The number of nitrogens with one attached hydrogen (secondary N) is 2. The lowest BCUT2D eigenvalue weighted by atomic mass is 10.1. The third-order valence-corrected chi connectivity index (χ3v) is 5.87. The number of esters is 1. The Kier molecular flexibility index (Phi) is 7.57. The molecular formula is C29H27N3O6. The Bertz CT molecular complexity index is 1460. The molecule has 0 atom stereocenters. The summed E-state index contributed by atoms with van der Waals surface area (Å²) in [6.07, 6.45) is 1.53. The summed E-state index contributed by atoms with van der Waals surface area (Å²) in [7, 11) is 1.23. The Hall–Kier alpha value is -4.92. The average molecular weight is 514 g/mol. The first-order valence-corrected chi connectivity index (χ1v) is 11.8. The molecule has 2 amide bonds. The van der Waals surface area contributed by atoms with E-state index in [0.29, 0.717) is 22.9 Å². The molecule has 0 unspecified atom stereocenters. The fourth-order valence-corrected chi connectivity index (χ4v) is 4.23. The molecule has 2 N–H and O–H groups in total. The number of allylic oxidation sites excluding steroid dienone is 2. The highest BCUT2D eigenvalue weighted by atomic mass is 16.5. The van der Waals surface area contributed by atoms with E-state index in [1.54, 1.807) is 54.3 Å². The zero-order valence-corrected chi connectivity index (χ0v) is 21.5. The van der Waals surface area contributed by atoms with Crippen LogP contribution in [0.15, 0.2) is 82.0 Å². The van der Waals surface area contributed by atoms with Gasteiger partial charge in [0.25, 0.3) is 0 Å². The molecule has 38 heavy (non-hydrogen) atoms. The van der Waals surface area contributed by atoms with E-state index in [1.165, 1.54) is 13.2 Å². The number of anilines is 2. The molecule has 0 bridgehead atoms. The summed E-state index contributed by atoms with van der Waals surface area (Å²) in [5.41, 5.74) is 3.84. The van der Waals surface area contributed by atoms with Crippen molar-refractivity contribution in [1.82, 2.24) is 5.32 Å². The number of hydrogen-bond acceptors (Lipinski definition) is 7. The van der Waals surface area contributed by atoms with Gasteiger partial charge in [-0.25, -0.2) is 4.79 Å². The van der Waals surface area contributed by atoms with Gasteiger partial charge in [-0.05, 0) is 68.3 Å². The van der Waals surface area contributed by atoms with E-state index in [4.69, 9.17) is 9.15 Å². The molecule has 1 aliphatic rings. The summed E-state index contributed by atoms with van der Waals surface area (Å²) in [6, 6.07) is 17.7. The summed E-state index contributed by atoms with van der Waals surface area (Å²) < 4.78 is 10.6. The van der Waals surface area contributed by atoms with Crippen molar-refractivity contribution in [3.63, 3.8) is 0 Å². The van der Waals surface area contributed by atoms with Crippen molar-refractivity contribution < 1.29 is 28.3 Å². The van der Waals surface area contributed by atoms with Gasteiger partial charge in [-0.2, -0.15) is 0 Å². The third-order valence-electron chi connectivity index (χ3n) is 5.87. The first-order valence-electron chi connectivity index (χ1n) is 11.8. The van der Waals surface area contributed by atoms with E-state index in [-0.39, 0.29) is 17.8 Å². The van der Waals surface area contributed by atoms with E-state index < -0.39 is 23.6 Å². The Morgan fingerprint density at radius 2 is 1.63 bits per heavy atom. The van der Waals surface area contributed by atoms with Crippen LogP contribution in [0.25, 0.3) is 6.08 Å². The maximum absolute atomic E-state index is 13.3. The molecule has 0 radical (unpaired) electrons. The van der Waals surface area contributed by atoms with Gasteiger partial charge in [0.1, 0.15) is 17.1 Å². The van der Waals surface area contributed by atoms with E-state index in [1.807, 2.05) is 32.0 Å². The number of furan rings is 1. The number of ether oxygens (including phenoxy) is 1. The summed E-state index contributed by atoms with van der Waals surface area (Å²) >= 11 is 0. The monoisotopic (exact) mass is 513 g/mol. The van der Waals surface area contributed by atoms with Crippen molar-refractivity contribution in [2.24, 2.45) is 0 Å². The molecule has 9 nitrogen and oxygen atoms in total. The van der Waals surface area contributed by atoms with Crippen LogP contribution in [0, 0.1) is 13.8 Å². The van der Waals surface area contributed by atoms with Gasteiger partial charge in [-0.1, -0.05) is 24.3 Å². The first kappa shape index (κ1) is 26.2. The molecule has 1 aliphatic heterocycles. The second-order valence-electron chi connectivity index (χ2n) is 8.80. The number of Topliss-reactive ketones (excluding diaryl/α,β-unsaturated/α-hetero) is 1. The van der Waals surface area contributed by atoms with Crippen LogP contribution >= 0.6 is 0 Å². The fraction of sp³-hybridized carbons (Fsp3) is 0.172. The zero-order valence-electron chi connectivity index (χ0n) is 21.5. The highest BCUT2D eigenvalue weighted by Gasteiger charge is 2.38. The van der Waals surface area contributed by atoms with E-state index in [2.05, 4.69) is 10.6 Å². The lowest BCUT2D eigenvalue weighted by molar-refractivity contribution is -0.137. The lowest BCUT2D eigenvalue weighted by Gasteiger charge is -2.22. The van der Waals surface area contributed by atoms with Crippen LogP contribution in [0.4, 0.5) is 11.4 Å². The molecule has 0 saturated heterocycles. The Balaban J connectivity index is 1.54. The number of aryl methyl sites for hydroxylation is 2. The molecule has 2 aromatic carbocycles. The van der Waals surface area contributed by atoms with Gasteiger partial charge in [-0.3, -0.25) is 14.4 Å². The number of amides is 2. The van der Waals surface area contributed by atoms with Gasteiger partial charge in [0.2, 0.25) is 5.78 Å². The standard InChI is InChI=1S/C29H27N3O6/c1-17-12-18(2)14-21(13-17)32-19(3)25(29(36)37-4)26(33)24(32)15-22-10-11-23(38-22)16-30-27(34)28(35)31-20-8-6-5-7-9-20/h5-15H,16H2,1-4H3,(H,30,34)(H,31,35)/b24-15+. The van der Waals surface area contributed by atoms with Crippen LogP contribution in [0.1, 0.15) is 29.6 Å². The molecule has 0 aliphatic carbocycles. The van der Waals surface area contributed by atoms with Crippen molar-refractivity contribution in [3.8, 4) is 0 Å².